The molecule has 34 heavy (non-hydrogen) atoms. The average molecular weight is 456 g/mol. The molecule has 0 fully saturated rings. The summed E-state index contributed by atoms with van der Waals surface area (Å²) in [4.78, 5) is 17.9. The summed E-state index contributed by atoms with van der Waals surface area (Å²) in [5.74, 6) is 2.12. The van der Waals surface area contributed by atoms with Crippen molar-refractivity contribution in [2.24, 2.45) is 7.05 Å². The summed E-state index contributed by atoms with van der Waals surface area (Å²) < 4.78 is 24.2. The molecule has 172 valence electrons. The number of pyridine rings is 2. The summed E-state index contributed by atoms with van der Waals surface area (Å²) in [5, 5.41) is 3.97. The molecule has 5 aromatic rings. The lowest BCUT2D eigenvalue weighted by Gasteiger charge is -2.19. The number of benzene rings is 3. The van der Waals surface area contributed by atoms with Gasteiger partial charge in [0.05, 0.1) is 39.3 Å². The number of methoxy groups -OCH3 is 4. The van der Waals surface area contributed by atoms with Crippen molar-refractivity contribution in [3.63, 3.8) is 0 Å². The molecule has 0 N–H and O–H groups in total. The van der Waals surface area contributed by atoms with Gasteiger partial charge in [0.25, 0.3) is 5.56 Å². The Kier molecular flexibility index (Phi) is 5.24. The van der Waals surface area contributed by atoms with Gasteiger partial charge in [0.1, 0.15) is 0 Å². The standard InChI is InChI=1S/C27H24N2O5/c1-29-24-18(16-10-11-20(31-2)25(33-4)23(16)27(29)30)9-8-17-19(24)13-21(32-3)26(34-5)22(17)15-7-6-12-28-14-15/h6-14H,1-5H3. The number of ether oxygens (including phenoxy) is 4. The van der Waals surface area contributed by atoms with Crippen molar-refractivity contribution < 1.29 is 18.9 Å². The van der Waals surface area contributed by atoms with Gasteiger partial charge in [0.15, 0.2) is 23.0 Å². The monoisotopic (exact) mass is 456 g/mol. The summed E-state index contributed by atoms with van der Waals surface area (Å²) in [5.41, 5.74) is 2.35. The topological polar surface area (TPSA) is 71.8 Å². The van der Waals surface area contributed by atoms with E-state index >= 15 is 0 Å². The minimum absolute atomic E-state index is 0.177. The zero-order chi connectivity index (χ0) is 24.0. The summed E-state index contributed by atoms with van der Waals surface area (Å²) in [6.07, 6.45) is 3.52. The molecular formula is C27H24N2O5. The zero-order valence-electron chi connectivity index (χ0n) is 19.6. The van der Waals surface area contributed by atoms with E-state index < -0.39 is 0 Å². The summed E-state index contributed by atoms with van der Waals surface area (Å²) >= 11 is 0. The Hall–Kier alpha value is -4.26. The van der Waals surface area contributed by atoms with Gasteiger partial charge in [-0.15, -0.1) is 0 Å². The third-order valence-corrected chi connectivity index (χ3v) is 6.28. The van der Waals surface area contributed by atoms with Gasteiger partial charge in [-0.05, 0) is 29.7 Å². The predicted octanol–water partition coefficient (Wildman–Crippen LogP) is 4.94. The molecule has 0 amide bonds. The fourth-order valence-electron chi connectivity index (χ4n) is 4.78. The second kappa shape index (κ2) is 8.26. The maximum absolute atomic E-state index is 13.6. The van der Waals surface area contributed by atoms with Crippen LogP contribution in [0, 0.1) is 0 Å². The van der Waals surface area contributed by atoms with E-state index in [0.717, 1.165) is 38.2 Å². The van der Waals surface area contributed by atoms with E-state index in [-0.39, 0.29) is 5.56 Å². The second-order valence-electron chi connectivity index (χ2n) is 7.87. The molecule has 7 heteroatoms. The zero-order valence-corrected chi connectivity index (χ0v) is 19.6. The molecule has 0 aliphatic heterocycles. The van der Waals surface area contributed by atoms with Crippen molar-refractivity contribution in [2.75, 3.05) is 28.4 Å². The molecule has 7 nitrogen and oxygen atoms in total. The molecule has 2 aromatic heterocycles. The van der Waals surface area contributed by atoms with Crippen LogP contribution in [0.4, 0.5) is 0 Å². The Balaban J connectivity index is 2.03. The molecule has 5 rings (SSSR count). The number of nitrogens with zero attached hydrogens (tertiary/aromatic N) is 2. The van der Waals surface area contributed by atoms with Crippen LogP contribution in [0.25, 0.3) is 43.6 Å². The lowest BCUT2D eigenvalue weighted by Crippen LogP contribution is -2.18. The first-order chi connectivity index (χ1) is 16.5. The van der Waals surface area contributed by atoms with E-state index in [2.05, 4.69) is 4.98 Å². The average Bonchev–Trinajstić information content (AvgIpc) is 2.89. The van der Waals surface area contributed by atoms with E-state index in [1.165, 1.54) is 0 Å². The van der Waals surface area contributed by atoms with Crippen molar-refractivity contribution >= 4 is 32.4 Å². The molecule has 0 saturated heterocycles. The third kappa shape index (κ3) is 2.97. The lowest BCUT2D eigenvalue weighted by molar-refractivity contribution is 0.357. The fraction of sp³-hybridized carbons (Fsp3) is 0.185. The summed E-state index contributed by atoms with van der Waals surface area (Å²) in [7, 11) is 8.09. The van der Waals surface area contributed by atoms with Crippen LogP contribution >= 0.6 is 0 Å². The maximum Gasteiger partial charge on any atom is 0.262 e. The SMILES string of the molecule is COc1cc2c(ccc3c4ccc(OC)c(OC)c4c(=O)n(C)c23)c(-c2cccnc2)c1OC. The van der Waals surface area contributed by atoms with E-state index in [0.29, 0.717) is 28.4 Å². The first kappa shape index (κ1) is 21.6. The van der Waals surface area contributed by atoms with Crippen molar-refractivity contribution in [2.45, 2.75) is 0 Å². The molecule has 3 aromatic carbocycles. The molecule has 0 radical (unpaired) electrons. The normalized spacial score (nSPS) is 11.2. The minimum Gasteiger partial charge on any atom is -0.493 e. The van der Waals surface area contributed by atoms with Crippen LogP contribution < -0.4 is 24.5 Å². The summed E-state index contributed by atoms with van der Waals surface area (Å²) in [6.45, 7) is 0. The van der Waals surface area contributed by atoms with Gasteiger partial charge in [0, 0.05) is 46.7 Å². The highest BCUT2D eigenvalue weighted by Gasteiger charge is 2.22. The van der Waals surface area contributed by atoms with Gasteiger partial charge in [-0.25, -0.2) is 0 Å². The smallest absolute Gasteiger partial charge is 0.262 e. The largest absolute Gasteiger partial charge is 0.493 e. The van der Waals surface area contributed by atoms with Crippen LogP contribution in [-0.4, -0.2) is 38.0 Å². The molecule has 0 spiro atoms. The number of aromatic nitrogens is 2. The molecule has 0 atom stereocenters. The molecule has 0 aliphatic carbocycles. The Morgan fingerprint density at radius 1 is 0.765 bits per heavy atom. The van der Waals surface area contributed by atoms with Crippen LogP contribution in [-0.2, 0) is 7.05 Å². The van der Waals surface area contributed by atoms with E-state index in [1.807, 2.05) is 42.5 Å². The Morgan fingerprint density at radius 3 is 2.12 bits per heavy atom. The van der Waals surface area contributed by atoms with Gasteiger partial charge >= 0.3 is 0 Å². The summed E-state index contributed by atoms with van der Waals surface area (Å²) in [6, 6.07) is 13.6. The Morgan fingerprint density at radius 2 is 1.47 bits per heavy atom. The minimum atomic E-state index is -0.177. The predicted molar refractivity (Wildman–Crippen MR) is 134 cm³/mol. The molecular weight excluding hydrogens is 432 g/mol. The number of hydrogen-bond acceptors (Lipinski definition) is 6. The van der Waals surface area contributed by atoms with Gasteiger partial charge < -0.3 is 23.5 Å². The number of aryl methyl sites for hydroxylation is 1. The number of fused-ring (bicyclic) bond motifs is 5. The Labute approximate surface area is 196 Å². The van der Waals surface area contributed by atoms with Crippen molar-refractivity contribution in [1.82, 2.24) is 9.55 Å². The van der Waals surface area contributed by atoms with Gasteiger partial charge in [-0.1, -0.05) is 18.2 Å². The van der Waals surface area contributed by atoms with Gasteiger partial charge in [0.2, 0.25) is 0 Å². The van der Waals surface area contributed by atoms with Crippen LogP contribution in [0.15, 0.2) is 59.7 Å². The second-order valence-corrected chi connectivity index (χ2v) is 7.87. The Bertz CT molecular complexity index is 1620. The highest BCUT2D eigenvalue weighted by molar-refractivity contribution is 6.19. The van der Waals surface area contributed by atoms with Crippen LogP contribution in [0.3, 0.4) is 0 Å². The first-order valence-corrected chi connectivity index (χ1v) is 10.7. The van der Waals surface area contributed by atoms with E-state index in [1.54, 1.807) is 52.4 Å². The first-order valence-electron chi connectivity index (χ1n) is 10.7. The highest BCUT2D eigenvalue weighted by Crippen LogP contribution is 2.46. The molecule has 0 saturated carbocycles. The molecule has 0 bridgehead atoms. The van der Waals surface area contributed by atoms with Gasteiger partial charge in [-0.2, -0.15) is 0 Å². The van der Waals surface area contributed by atoms with Gasteiger partial charge in [-0.3, -0.25) is 9.78 Å². The van der Waals surface area contributed by atoms with Crippen molar-refractivity contribution in [3.8, 4) is 34.1 Å². The third-order valence-electron chi connectivity index (χ3n) is 6.28. The van der Waals surface area contributed by atoms with E-state index in [9.17, 15) is 4.79 Å². The highest BCUT2D eigenvalue weighted by atomic mass is 16.5. The van der Waals surface area contributed by atoms with Crippen LogP contribution in [0.2, 0.25) is 0 Å². The van der Waals surface area contributed by atoms with Crippen LogP contribution in [0.5, 0.6) is 23.0 Å². The number of rotatable bonds is 5. The van der Waals surface area contributed by atoms with Crippen molar-refractivity contribution in [3.05, 3.63) is 65.2 Å². The molecule has 0 aliphatic rings. The fourth-order valence-corrected chi connectivity index (χ4v) is 4.78. The number of hydrogen-bond donors (Lipinski definition) is 0. The lowest BCUT2D eigenvalue weighted by atomic mass is 9.94. The molecule has 0 unspecified atom stereocenters. The maximum atomic E-state index is 13.6. The molecule has 2 heterocycles. The quantitative estimate of drug-likeness (QED) is 0.349. The van der Waals surface area contributed by atoms with Crippen LogP contribution in [0.1, 0.15) is 0 Å². The van der Waals surface area contributed by atoms with E-state index in [4.69, 9.17) is 18.9 Å². The van der Waals surface area contributed by atoms with Crippen molar-refractivity contribution in [1.29, 1.82) is 0 Å².